The van der Waals surface area contributed by atoms with Gasteiger partial charge in [0.15, 0.2) is 13.2 Å². The van der Waals surface area contributed by atoms with Crippen molar-refractivity contribution in [2.75, 3.05) is 13.2 Å². The molecule has 0 unspecified atom stereocenters. The van der Waals surface area contributed by atoms with Crippen LogP contribution in [0.5, 0.6) is 5.75 Å². The van der Waals surface area contributed by atoms with Gasteiger partial charge in [-0.2, -0.15) is 5.26 Å². The first-order chi connectivity index (χ1) is 10.4. The predicted molar refractivity (Wildman–Crippen MR) is 80.1 cm³/mol. The van der Waals surface area contributed by atoms with Gasteiger partial charge in [0, 0.05) is 6.04 Å². The lowest BCUT2D eigenvalue weighted by Gasteiger charge is -2.17. The van der Waals surface area contributed by atoms with Crippen molar-refractivity contribution in [2.45, 2.75) is 26.8 Å². The van der Waals surface area contributed by atoms with E-state index in [1.165, 1.54) is 0 Å². The predicted octanol–water partition coefficient (Wildman–Crippen LogP) is 1.64. The number of benzene rings is 1. The van der Waals surface area contributed by atoms with Gasteiger partial charge < -0.3 is 14.8 Å². The molecule has 6 nitrogen and oxygen atoms in total. The molecule has 0 spiro atoms. The maximum Gasteiger partial charge on any atom is 0.344 e. The Morgan fingerprint density at radius 1 is 1.23 bits per heavy atom. The van der Waals surface area contributed by atoms with Crippen LogP contribution in [-0.4, -0.2) is 31.1 Å². The van der Waals surface area contributed by atoms with E-state index in [2.05, 4.69) is 5.32 Å². The van der Waals surface area contributed by atoms with Crippen LogP contribution in [0.3, 0.4) is 0 Å². The van der Waals surface area contributed by atoms with Gasteiger partial charge in [-0.15, -0.1) is 0 Å². The number of carbonyl (C=O) groups excluding carboxylic acids is 2. The number of para-hydroxylation sites is 1. The van der Waals surface area contributed by atoms with Crippen LogP contribution in [0.2, 0.25) is 0 Å². The summed E-state index contributed by atoms with van der Waals surface area (Å²) in [7, 11) is 0. The smallest absolute Gasteiger partial charge is 0.344 e. The van der Waals surface area contributed by atoms with Crippen molar-refractivity contribution in [3.63, 3.8) is 0 Å². The second-order valence-electron chi connectivity index (χ2n) is 5.16. The van der Waals surface area contributed by atoms with Crippen LogP contribution in [0.1, 0.15) is 26.3 Å². The van der Waals surface area contributed by atoms with Crippen LogP contribution in [0.15, 0.2) is 24.3 Å². The fraction of sp³-hybridized carbons (Fsp3) is 0.438. The topological polar surface area (TPSA) is 88.4 Å². The number of nitrogens with one attached hydrogen (secondary N) is 1. The molecular weight excluding hydrogens is 284 g/mol. The monoisotopic (exact) mass is 304 g/mol. The van der Waals surface area contributed by atoms with Crippen LogP contribution < -0.4 is 10.1 Å². The summed E-state index contributed by atoms with van der Waals surface area (Å²) < 4.78 is 10.0. The molecule has 1 amide bonds. The third-order valence-electron chi connectivity index (χ3n) is 3.11. The van der Waals surface area contributed by atoms with Crippen molar-refractivity contribution in [3.8, 4) is 11.8 Å². The highest BCUT2D eigenvalue weighted by atomic mass is 16.6. The van der Waals surface area contributed by atoms with E-state index in [1.807, 2.05) is 26.8 Å². The maximum absolute atomic E-state index is 11.6. The fourth-order valence-electron chi connectivity index (χ4n) is 1.47. The van der Waals surface area contributed by atoms with Crippen molar-refractivity contribution in [2.24, 2.45) is 5.92 Å². The summed E-state index contributed by atoms with van der Waals surface area (Å²) in [5.74, 6) is -0.419. The Hall–Kier alpha value is -2.55. The number of rotatable bonds is 7. The highest BCUT2D eigenvalue weighted by Gasteiger charge is 2.13. The molecule has 1 N–H and O–H groups in total. The minimum absolute atomic E-state index is 0.00459. The molecule has 6 heteroatoms. The third kappa shape index (κ3) is 5.83. The van der Waals surface area contributed by atoms with E-state index in [-0.39, 0.29) is 25.2 Å². The molecule has 0 saturated carbocycles. The van der Waals surface area contributed by atoms with E-state index in [1.54, 1.807) is 24.3 Å². The first-order valence-electron chi connectivity index (χ1n) is 7.01. The van der Waals surface area contributed by atoms with Gasteiger partial charge >= 0.3 is 5.97 Å². The van der Waals surface area contributed by atoms with E-state index in [9.17, 15) is 9.59 Å². The first-order valence-corrected chi connectivity index (χ1v) is 7.01. The highest BCUT2D eigenvalue weighted by Crippen LogP contribution is 2.16. The minimum atomic E-state index is -0.667. The Morgan fingerprint density at radius 2 is 1.91 bits per heavy atom. The number of hydrogen-bond donors (Lipinski definition) is 1. The Balaban J connectivity index is 2.35. The molecule has 0 aliphatic carbocycles. The molecule has 0 heterocycles. The van der Waals surface area contributed by atoms with Gasteiger partial charge in [-0.05, 0) is 25.0 Å². The van der Waals surface area contributed by atoms with Crippen LogP contribution in [-0.2, 0) is 14.3 Å². The number of nitrogens with zero attached hydrogens (tertiary/aromatic N) is 1. The van der Waals surface area contributed by atoms with E-state index >= 15 is 0 Å². The minimum Gasteiger partial charge on any atom is -0.481 e. The molecule has 1 aromatic carbocycles. The molecule has 22 heavy (non-hydrogen) atoms. The molecule has 0 bridgehead atoms. The van der Waals surface area contributed by atoms with Crippen molar-refractivity contribution in [1.82, 2.24) is 5.32 Å². The maximum atomic E-state index is 11.6. The standard InChI is InChI=1S/C16H20N2O4/c1-11(2)12(3)18-15(19)9-22-16(20)10-21-14-7-5-4-6-13(14)8-17/h4-7,11-12H,9-10H2,1-3H3,(H,18,19)/t12-/m0/s1. The Morgan fingerprint density at radius 3 is 2.55 bits per heavy atom. The van der Waals surface area contributed by atoms with Gasteiger partial charge in [0.2, 0.25) is 0 Å². The van der Waals surface area contributed by atoms with Gasteiger partial charge in [0.1, 0.15) is 11.8 Å². The number of carbonyl (C=O) groups is 2. The Kier molecular flexibility index (Phi) is 6.90. The van der Waals surface area contributed by atoms with Crippen molar-refractivity contribution < 1.29 is 19.1 Å². The van der Waals surface area contributed by atoms with Crippen LogP contribution >= 0.6 is 0 Å². The zero-order chi connectivity index (χ0) is 16.5. The van der Waals surface area contributed by atoms with E-state index < -0.39 is 5.97 Å². The number of amides is 1. The molecule has 0 aromatic heterocycles. The average molecular weight is 304 g/mol. The lowest BCUT2D eigenvalue weighted by Crippen LogP contribution is -2.39. The van der Waals surface area contributed by atoms with Gasteiger partial charge in [0.05, 0.1) is 5.56 Å². The lowest BCUT2D eigenvalue weighted by molar-refractivity contribution is -0.150. The van der Waals surface area contributed by atoms with E-state index in [0.717, 1.165) is 0 Å². The summed E-state index contributed by atoms with van der Waals surface area (Å²) in [6.07, 6.45) is 0. The van der Waals surface area contributed by atoms with Gasteiger partial charge in [0.25, 0.3) is 5.91 Å². The van der Waals surface area contributed by atoms with E-state index in [0.29, 0.717) is 17.2 Å². The Bertz CT molecular complexity index is 564. The molecular formula is C16H20N2O4. The highest BCUT2D eigenvalue weighted by molar-refractivity contribution is 5.81. The Labute approximate surface area is 130 Å². The second kappa shape index (κ2) is 8.67. The molecule has 0 saturated heterocycles. The zero-order valence-electron chi connectivity index (χ0n) is 13.0. The quantitative estimate of drug-likeness (QED) is 0.774. The molecule has 0 fully saturated rings. The van der Waals surface area contributed by atoms with Crippen LogP contribution in [0.25, 0.3) is 0 Å². The van der Waals surface area contributed by atoms with Crippen molar-refractivity contribution in [1.29, 1.82) is 5.26 Å². The largest absolute Gasteiger partial charge is 0.481 e. The average Bonchev–Trinajstić information content (AvgIpc) is 2.50. The van der Waals surface area contributed by atoms with Gasteiger partial charge in [-0.25, -0.2) is 4.79 Å². The van der Waals surface area contributed by atoms with Crippen LogP contribution in [0, 0.1) is 17.2 Å². The molecule has 1 rings (SSSR count). The molecule has 118 valence electrons. The summed E-state index contributed by atoms with van der Waals surface area (Å²) in [6, 6.07) is 8.53. The van der Waals surface area contributed by atoms with Crippen LogP contribution in [0.4, 0.5) is 0 Å². The number of hydrogen-bond acceptors (Lipinski definition) is 5. The first kappa shape index (κ1) is 17.5. The number of nitriles is 1. The van der Waals surface area contributed by atoms with E-state index in [4.69, 9.17) is 14.7 Å². The molecule has 1 atom stereocenters. The van der Waals surface area contributed by atoms with Gasteiger partial charge in [-0.3, -0.25) is 4.79 Å². The summed E-state index contributed by atoms with van der Waals surface area (Å²) in [5.41, 5.74) is 0.332. The number of esters is 1. The summed E-state index contributed by atoms with van der Waals surface area (Å²) in [5, 5.41) is 11.6. The normalized spacial score (nSPS) is 11.4. The summed E-state index contributed by atoms with van der Waals surface area (Å²) in [6.45, 7) is 5.14. The molecule has 1 aromatic rings. The second-order valence-corrected chi connectivity index (χ2v) is 5.16. The van der Waals surface area contributed by atoms with Crippen molar-refractivity contribution in [3.05, 3.63) is 29.8 Å². The molecule has 0 aliphatic rings. The summed E-state index contributed by atoms with van der Waals surface area (Å²) >= 11 is 0. The zero-order valence-corrected chi connectivity index (χ0v) is 13.0. The fourth-order valence-corrected chi connectivity index (χ4v) is 1.47. The third-order valence-corrected chi connectivity index (χ3v) is 3.11. The number of ether oxygens (including phenoxy) is 2. The lowest BCUT2D eigenvalue weighted by atomic mass is 10.1. The SMILES string of the molecule is CC(C)[C@H](C)NC(=O)COC(=O)COc1ccccc1C#N. The van der Waals surface area contributed by atoms with Crippen molar-refractivity contribution >= 4 is 11.9 Å². The molecule has 0 radical (unpaired) electrons. The van der Waals surface area contributed by atoms with Gasteiger partial charge in [-0.1, -0.05) is 26.0 Å². The molecule has 0 aliphatic heterocycles. The summed E-state index contributed by atoms with van der Waals surface area (Å²) in [4.78, 5) is 23.1.